The first-order valence-electron chi connectivity index (χ1n) is 17.9. The SMILES string of the molecule is CN(C)CC[P+](c1ccccc1)(c1ccccc1)c1ccccc1.CN(C)CC[P+](c1ccccc1)(c1ccccc1)c1ccccc1.O=C([O-])C(=O)[O-]. The summed E-state index contributed by atoms with van der Waals surface area (Å²) in [5.41, 5.74) is 0. The minimum atomic E-state index is -2.19. The Balaban J connectivity index is 0.000000209. The van der Waals surface area contributed by atoms with E-state index in [4.69, 9.17) is 19.8 Å². The van der Waals surface area contributed by atoms with Crippen molar-refractivity contribution in [2.24, 2.45) is 0 Å². The fraction of sp³-hybridized carbons (Fsp3) is 0.174. The molecule has 8 heteroatoms. The molecular weight excluding hydrogens is 706 g/mol. The number of nitrogens with zero attached hydrogens (tertiary/aromatic N) is 2. The van der Waals surface area contributed by atoms with Crippen LogP contribution in [0.2, 0.25) is 0 Å². The van der Waals surface area contributed by atoms with E-state index in [9.17, 15) is 0 Å². The molecule has 278 valence electrons. The molecule has 0 aliphatic carbocycles. The van der Waals surface area contributed by atoms with Gasteiger partial charge in [-0.2, -0.15) is 0 Å². The molecule has 0 fully saturated rings. The summed E-state index contributed by atoms with van der Waals surface area (Å²) in [7, 11) is 5.35. The minimum Gasteiger partial charge on any atom is -0.543 e. The molecule has 6 nitrogen and oxygen atoms in total. The highest BCUT2D eigenvalue weighted by molar-refractivity contribution is 7.96. The molecule has 0 atom stereocenters. The molecule has 0 amide bonds. The van der Waals surface area contributed by atoms with Crippen LogP contribution in [0, 0.1) is 0 Å². The summed E-state index contributed by atoms with van der Waals surface area (Å²) in [6, 6.07) is 66.4. The van der Waals surface area contributed by atoms with Gasteiger partial charge in [0.15, 0.2) is 0 Å². The number of carbonyl (C=O) groups excluding carboxylic acids is 2. The zero-order chi connectivity index (χ0) is 38.8. The Morgan fingerprint density at radius 2 is 0.537 bits per heavy atom. The lowest BCUT2D eigenvalue weighted by molar-refractivity contribution is -0.345. The second kappa shape index (κ2) is 21.1. The number of carboxylic acids is 2. The minimum absolute atomic E-state index is 1.08. The van der Waals surface area contributed by atoms with Crippen molar-refractivity contribution in [2.75, 3.05) is 53.6 Å². The first-order chi connectivity index (χ1) is 26.1. The van der Waals surface area contributed by atoms with Gasteiger partial charge in [-0.3, -0.25) is 0 Å². The second-order valence-corrected chi connectivity index (χ2v) is 20.5. The third kappa shape index (κ3) is 11.0. The maximum atomic E-state index is 8.93. The maximum absolute atomic E-state index is 8.93. The van der Waals surface area contributed by atoms with Gasteiger partial charge in [0.25, 0.3) is 0 Å². The van der Waals surface area contributed by atoms with Crippen molar-refractivity contribution in [3.8, 4) is 0 Å². The van der Waals surface area contributed by atoms with Gasteiger partial charge in [-0.25, -0.2) is 0 Å². The average Bonchev–Trinajstić information content (AvgIpc) is 3.21. The molecule has 0 aromatic heterocycles. The summed E-state index contributed by atoms with van der Waals surface area (Å²) in [5.74, 6) is -4.37. The van der Waals surface area contributed by atoms with E-state index in [1.807, 2.05) is 0 Å². The largest absolute Gasteiger partial charge is 0.543 e. The number of hydrogen-bond acceptors (Lipinski definition) is 6. The molecule has 0 aliphatic heterocycles. The number of aliphatic carboxylic acids is 2. The highest BCUT2D eigenvalue weighted by Gasteiger charge is 2.46. The van der Waals surface area contributed by atoms with Crippen LogP contribution in [0.3, 0.4) is 0 Å². The molecule has 0 aliphatic rings. The Hall–Kier alpha value is -4.96. The van der Waals surface area contributed by atoms with Crippen molar-refractivity contribution >= 4 is 58.3 Å². The number of carboxylic acid groups (broad SMARTS) is 2. The lowest BCUT2D eigenvalue weighted by Crippen LogP contribution is -2.42. The van der Waals surface area contributed by atoms with Gasteiger partial charge in [-0.1, -0.05) is 109 Å². The van der Waals surface area contributed by atoms with Crippen LogP contribution in [0.25, 0.3) is 0 Å². The molecule has 6 rings (SSSR count). The molecular formula is C46H50N2O4P2. The molecule has 0 bridgehead atoms. The summed E-state index contributed by atoms with van der Waals surface area (Å²) in [4.78, 5) is 22.4. The fourth-order valence-corrected chi connectivity index (χ4v) is 15.3. The smallest absolute Gasteiger partial charge is 0.113 e. The molecule has 0 unspecified atom stereocenters. The molecule has 6 aromatic rings. The van der Waals surface area contributed by atoms with Crippen LogP contribution in [-0.4, -0.2) is 75.3 Å². The quantitative estimate of drug-likeness (QED) is 0.140. The van der Waals surface area contributed by atoms with E-state index in [-0.39, 0.29) is 0 Å². The summed E-state index contributed by atoms with van der Waals surface area (Å²) < 4.78 is 0. The first kappa shape index (κ1) is 41.8. The Morgan fingerprint density at radius 1 is 0.370 bits per heavy atom. The summed E-state index contributed by atoms with van der Waals surface area (Å²) in [5, 5.41) is 26.6. The number of carbonyl (C=O) groups is 2. The molecule has 0 N–H and O–H groups in total. The molecule has 0 heterocycles. The lowest BCUT2D eigenvalue weighted by atomic mass is 10.4. The van der Waals surface area contributed by atoms with Gasteiger partial charge in [0, 0.05) is 13.1 Å². The van der Waals surface area contributed by atoms with E-state index >= 15 is 0 Å². The normalized spacial score (nSPS) is 11.1. The van der Waals surface area contributed by atoms with Crippen LogP contribution in [0.1, 0.15) is 0 Å². The van der Waals surface area contributed by atoms with E-state index in [2.05, 4.69) is 220 Å². The number of hydrogen-bond donors (Lipinski definition) is 0. The monoisotopic (exact) mass is 756 g/mol. The molecule has 54 heavy (non-hydrogen) atoms. The Kier molecular flexibility index (Phi) is 16.3. The predicted molar refractivity (Wildman–Crippen MR) is 227 cm³/mol. The standard InChI is InChI=1S/2C22H25NP.C2H2O4/c2*1-23(2)18-19-24(20-12-6-3-7-13-20,21-14-8-4-9-15-21)22-16-10-5-11-17-22;3-1(4)2(5)6/h2*3-17H,18-19H2,1-2H3;(H,3,4)(H,5,6)/q2*+1;/p-2. The fourth-order valence-electron chi connectivity index (χ4n) is 6.46. The van der Waals surface area contributed by atoms with Crippen LogP contribution in [0.4, 0.5) is 0 Å². The van der Waals surface area contributed by atoms with Crippen LogP contribution < -0.4 is 42.0 Å². The Morgan fingerprint density at radius 3 is 0.667 bits per heavy atom. The van der Waals surface area contributed by atoms with E-state index in [1.54, 1.807) is 0 Å². The molecule has 0 radical (unpaired) electrons. The van der Waals surface area contributed by atoms with Crippen molar-refractivity contribution in [2.45, 2.75) is 0 Å². The van der Waals surface area contributed by atoms with Gasteiger partial charge in [-0.15, -0.1) is 0 Å². The summed E-state index contributed by atoms with van der Waals surface area (Å²) in [6.45, 7) is 2.15. The van der Waals surface area contributed by atoms with Crippen molar-refractivity contribution in [1.82, 2.24) is 9.80 Å². The number of benzene rings is 6. The van der Waals surface area contributed by atoms with Gasteiger partial charge in [0.2, 0.25) is 0 Å². The molecule has 0 saturated heterocycles. The van der Waals surface area contributed by atoms with Crippen LogP contribution in [-0.2, 0) is 9.59 Å². The van der Waals surface area contributed by atoms with Crippen molar-refractivity contribution < 1.29 is 19.8 Å². The van der Waals surface area contributed by atoms with Gasteiger partial charge in [0.1, 0.15) is 46.4 Å². The average molecular weight is 757 g/mol. The zero-order valence-corrected chi connectivity index (χ0v) is 33.4. The molecule has 6 aromatic carbocycles. The highest BCUT2D eigenvalue weighted by atomic mass is 31.2. The topological polar surface area (TPSA) is 86.7 Å². The van der Waals surface area contributed by atoms with E-state index < -0.39 is 26.5 Å². The van der Waals surface area contributed by atoms with E-state index in [1.165, 1.54) is 31.8 Å². The van der Waals surface area contributed by atoms with Crippen LogP contribution in [0.15, 0.2) is 182 Å². The summed E-state index contributed by atoms with van der Waals surface area (Å²) >= 11 is 0. The lowest BCUT2D eigenvalue weighted by Gasteiger charge is -2.28. The van der Waals surface area contributed by atoms with Crippen molar-refractivity contribution in [3.05, 3.63) is 182 Å². The first-order valence-corrected chi connectivity index (χ1v) is 21.9. The van der Waals surface area contributed by atoms with Gasteiger partial charge in [-0.05, 0) is 101 Å². The van der Waals surface area contributed by atoms with Crippen LogP contribution in [0.5, 0.6) is 0 Å². The third-order valence-electron chi connectivity index (χ3n) is 9.11. The molecule has 0 spiro atoms. The van der Waals surface area contributed by atoms with Gasteiger partial charge in [0.05, 0.1) is 24.3 Å². The number of rotatable bonds is 12. The van der Waals surface area contributed by atoms with Crippen LogP contribution >= 0.6 is 14.5 Å². The van der Waals surface area contributed by atoms with Crippen molar-refractivity contribution in [1.29, 1.82) is 0 Å². The maximum Gasteiger partial charge on any atom is 0.113 e. The second-order valence-electron chi connectivity index (χ2n) is 13.3. The van der Waals surface area contributed by atoms with E-state index in [0.29, 0.717) is 0 Å². The van der Waals surface area contributed by atoms with Gasteiger partial charge >= 0.3 is 0 Å². The van der Waals surface area contributed by atoms with Gasteiger partial charge < -0.3 is 29.6 Å². The Bertz CT molecular complexity index is 1630. The zero-order valence-electron chi connectivity index (χ0n) is 31.6. The summed E-state index contributed by atoms with van der Waals surface area (Å²) in [6.07, 6.45) is 2.30. The Labute approximate surface area is 322 Å². The molecule has 0 saturated carbocycles. The highest BCUT2D eigenvalue weighted by Crippen LogP contribution is 2.56. The van der Waals surface area contributed by atoms with E-state index in [0.717, 1.165) is 25.4 Å². The third-order valence-corrected chi connectivity index (χ3v) is 17.9. The predicted octanol–water partition coefficient (Wildman–Crippen LogP) is 3.57. The van der Waals surface area contributed by atoms with Crippen molar-refractivity contribution in [3.63, 3.8) is 0 Å².